The van der Waals surface area contributed by atoms with Gasteiger partial charge in [0.1, 0.15) is 10.7 Å². The molecule has 0 saturated carbocycles. The number of hydrogen-bond donors (Lipinski definition) is 1. The molecule has 9 heteroatoms. The van der Waals surface area contributed by atoms with E-state index in [2.05, 4.69) is 15.2 Å². The van der Waals surface area contributed by atoms with Crippen molar-refractivity contribution < 1.29 is 22.7 Å². The molecule has 0 spiro atoms. The normalized spacial score (nSPS) is 22.8. The third-order valence-electron chi connectivity index (χ3n) is 5.13. The number of fused-ring (bicyclic) bond motifs is 1. The number of amides is 1. The van der Waals surface area contributed by atoms with Crippen molar-refractivity contribution in [3.05, 3.63) is 40.9 Å². The van der Waals surface area contributed by atoms with Crippen molar-refractivity contribution in [3.63, 3.8) is 0 Å². The Bertz CT molecular complexity index is 855. The van der Waals surface area contributed by atoms with Gasteiger partial charge in [-0.3, -0.25) is 9.69 Å². The van der Waals surface area contributed by atoms with Gasteiger partial charge in [0.2, 0.25) is 0 Å². The zero-order valence-electron chi connectivity index (χ0n) is 15.0. The molecule has 0 radical (unpaired) electrons. The number of carbonyl (C=O) groups excluding carboxylic acids is 1. The standard InChI is InChI=1S/C19H20F3N3O2S/c20-19(21,22)13-4-1-3-12(7-13)18-24-16(11-28-18)17(26)23-8-15-9-25-6-2-5-14(25)10-27-15/h1,3-4,7,11,14-15H,2,5-6,8-10H2,(H,23,26). The summed E-state index contributed by atoms with van der Waals surface area (Å²) in [7, 11) is 0. The summed E-state index contributed by atoms with van der Waals surface area (Å²) in [6, 6.07) is 5.45. The second kappa shape index (κ2) is 7.81. The van der Waals surface area contributed by atoms with E-state index >= 15 is 0 Å². The van der Waals surface area contributed by atoms with Gasteiger partial charge in [-0.2, -0.15) is 13.2 Å². The molecular weight excluding hydrogens is 391 g/mol. The van der Waals surface area contributed by atoms with E-state index < -0.39 is 11.7 Å². The van der Waals surface area contributed by atoms with Crippen molar-refractivity contribution in [2.75, 3.05) is 26.2 Å². The molecule has 2 saturated heterocycles. The maximum absolute atomic E-state index is 12.9. The van der Waals surface area contributed by atoms with Gasteiger partial charge in [-0.1, -0.05) is 12.1 Å². The number of thiazole rings is 1. The summed E-state index contributed by atoms with van der Waals surface area (Å²) in [4.78, 5) is 19.0. The number of alkyl halides is 3. The molecule has 5 nitrogen and oxygen atoms in total. The van der Waals surface area contributed by atoms with E-state index in [9.17, 15) is 18.0 Å². The second-order valence-electron chi connectivity index (χ2n) is 7.07. The summed E-state index contributed by atoms with van der Waals surface area (Å²) >= 11 is 1.15. The molecule has 4 rings (SSSR count). The number of nitrogens with zero attached hydrogens (tertiary/aromatic N) is 2. The Hall–Kier alpha value is -1.97. The lowest BCUT2D eigenvalue weighted by molar-refractivity contribution is -0.137. The number of morpholine rings is 1. The molecule has 1 aromatic carbocycles. The predicted molar refractivity (Wildman–Crippen MR) is 99.2 cm³/mol. The molecule has 2 aliphatic heterocycles. The highest BCUT2D eigenvalue weighted by molar-refractivity contribution is 7.13. The van der Waals surface area contributed by atoms with Crippen molar-refractivity contribution in [3.8, 4) is 10.6 Å². The largest absolute Gasteiger partial charge is 0.416 e. The van der Waals surface area contributed by atoms with Crippen LogP contribution in [0.3, 0.4) is 0 Å². The maximum Gasteiger partial charge on any atom is 0.416 e. The molecule has 1 N–H and O–H groups in total. The van der Waals surface area contributed by atoms with Crippen molar-refractivity contribution >= 4 is 17.2 Å². The number of nitrogens with one attached hydrogen (secondary N) is 1. The number of halogens is 3. The average molecular weight is 411 g/mol. The number of hydrogen-bond acceptors (Lipinski definition) is 5. The number of ether oxygens (including phenoxy) is 1. The lowest BCUT2D eigenvalue weighted by atomic mass is 10.1. The van der Waals surface area contributed by atoms with E-state index in [0.717, 1.165) is 43.0 Å². The average Bonchev–Trinajstić information content (AvgIpc) is 3.34. The van der Waals surface area contributed by atoms with Crippen LogP contribution in [-0.2, 0) is 10.9 Å². The Kier molecular flexibility index (Phi) is 5.39. The van der Waals surface area contributed by atoms with E-state index in [0.29, 0.717) is 29.8 Å². The minimum absolute atomic E-state index is 0.0557. The van der Waals surface area contributed by atoms with E-state index in [1.165, 1.54) is 12.5 Å². The Morgan fingerprint density at radius 3 is 3.07 bits per heavy atom. The highest BCUT2D eigenvalue weighted by Gasteiger charge is 2.32. The molecule has 0 aliphatic carbocycles. The predicted octanol–water partition coefficient (Wildman–Crippen LogP) is 3.42. The first kappa shape index (κ1) is 19.4. The van der Waals surface area contributed by atoms with Crippen LogP contribution in [0.5, 0.6) is 0 Å². The molecule has 2 aliphatic rings. The van der Waals surface area contributed by atoms with E-state index in [4.69, 9.17) is 4.74 Å². The molecule has 2 fully saturated rings. The second-order valence-corrected chi connectivity index (χ2v) is 7.93. The van der Waals surface area contributed by atoms with Gasteiger partial charge in [0.05, 0.1) is 18.3 Å². The first-order chi connectivity index (χ1) is 13.4. The molecule has 1 aromatic heterocycles. The van der Waals surface area contributed by atoms with Gasteiger partial charge in [-0.15, -0.1) is 11.3 Å². The fourth-order valence-electron chi connectivity index (χ4n) is 3.65. The number of carbonyl (C=O) groups is 1. The van der Waals surface area contributed by atoms with Gasteiger partial charge < -0.3 is 10.1 Å². The van der Waals surface area contributed by atoms with Gasteiger partial charge in [0.25, 0.3) is 5.91 Å². The van der Waals surface area contributed by atoms with Gasteiger partial charge in [-0.05, 0) is 31.5 Å². The summed E-state index contributed by atoms with van der Waals surface area (Å²) in [6.45, 7) is 2.96. The van der Waals surface area contributed by atoms with Crippen molar-refractivity contribution in [2.45, 2.75) is 31.2 Å². The van der Waals surface area contributed by atoms with Gasteiger partial charge in [0, 0.05) is 30.1 Å². The van der Waals surface area contributed by atoms with Crippen LogP contribution in [0.1, 0.15) is 28.9 Å². The van der Waals surface area contributed by atoms with Crippen LogP contribution in [0.25, 0.3) is 10.6 Å². The lowest BCUT2D eigenvalue weighted by Crippen LogP contribution is -2.50. The molecular formula is C19H20F3N3O2S. The summed E-state index contributed by atoms with van der Waals surface area (Å²) in [5.74, 6) is -0.346. The van der Waals surface area contributed by atoms with E-state index in [1.807, 2.05) is 0 Å². The summed E-state index contributed by atoms with van der Waals surface area (Å²) < 4.78 is 44.5. The van der Waals surface area contributed by atoms with Gasteiger partial charge in [-0.25, -0.2) is 4.98 Å². The molecule has 28 heavy (non-hydrogen) atoms. The highest BCUT2D eigenvalue weighted by atomic mass is 32.1. The fraction of sp³-hybridized carbons (Fsp3) is 0.474. The molecule has 1 amide bonds. The van der Waals surface area contributed by atoms with Crippen LogP contribution >= 0.6 is 11.3 Å². The highest BCUT2D eigenvalue weighted by Crippen LogP contribution is 2.33. The number of rotatable bonds is 4. The molecule has 150 valence electrons. The minimum atomic E-state index is -4.41. The van der Waals surface area contributed by atoms with Crippen molar-refractivity contribution in [2.24, 2.45) is 0 Å². The Labute approximate surface area is 164 Å². The van der Waals surface area contributed by atoms with Crippen molar-refractivity contribution in [1.29, 1.82) is 0 Å². The van der Waals surface area contributed by atoms with E-state index in [1.54, 1.807) is 11.4 Å². The third-order valence-corrected chi connectivity index (χ3v) is 6.02. The van der Waals surface area contributed by atoms with Gasteiger partial charge >= 0.3 is 6.18 Å². The maximum atomic E-state index is 12.9. The smallest absolute Gasteiger partial charge is 0.373 e. The quantitative estimate of drug-likeness (QED) is 0.838. The number of benzene rings is 1. The zero-order valence-corrected chi connectivity index (χ0v) is 15.9. The monoisotopic (exact) mass is 411 g/mol. The number of aromatic nitrogens is 1. The molecule has 2 atom stereocenters. The Morgan fingerprint density at radius 1 is 1.39 bits per heavy atom. The van der Waals surface area contributed by atoms with Crippen LogP contribution in [-0.4, -0.2) is 54.2 Å². The Morgan fingerprint density at radius 2 is 2.25 bits per heavy atom. The zero-order chi connectivity index (χ0) is 19.7. The van der Waals surface area contributed by atoms with Crippen LogP contribution in [0.2, 0.25) is 0 Å². The molecule has 2 unspecified atom stereocenters. The topological polar surface area (TPSA) is 54.5 Å². The third kappa shape index (κ3) is 4.21. The lowest BCUT2D eigenvalue weighted by Gasteiger charge is -2.35. The van der Waals surface area contributed by atoms with Crippen LogP contribution in [0.4, 0.5) is 13.2 Å². The first-order valence-corrected chi connectivity index (χ1v) is 10.0. The van der Waals surface area contributed by atoms with Crippen LogP contribution < -0.4 is 5.32 Å². The van der Waals surface area contributed by atoms with Crippen LogP contribution in [0, 0.1) is 0 Å². The van der Waals surface area contributed by atoms with Gasteiger partial charge in [0.15, 0.2) is 0 Å². The summed E-state index contributed by atoms with van der Waals surface area (Å²) in [6.07, 6.45) is -2.12. The molecule has 0 bridgehead atoms. The summed E-state index contributed by atoms with van der Waals surface area (Å²) in [5, 5.41) is 4.76. The first-order valence-electron chi connectivity index (χ1n) is 9.17. The summed E-state index contributed by atoms with van der Waals surface area (Å²) in [5.41, 5.74) is -0.192. The molecule has 3 heterocycles. The van der Waals surface area contributed by atoms with E-state index in [-0.39, 0.29) is 17.7 Å². The van der Waals surface area contributed by atoms with Crippen LogP contribution in [0.15, 0.2) is 29.6 Å². The fourth-order valence-corrected chi connectivity index (χ4v) is 4.44. The van der Waals surface area contributed by atoms with Crippen molar-refractivity contribution in [1.82, 2.24) is 15.2 Å². The Balaban J connectivity index is 1.37. The minimum Gasteiger partial charge on any atom is -0.373 e. The molecule has 2 aromatic rings. The SMILES string of the molecule is O=C(NCC1CN2CCCC2CO1)c1csc(-c2cccc(C(F)(F)F)c2)n1.